The highest BCUT2D eigenvalue weighted by Gasteiger charge is 2.36. The van der Waals surface area contributed by atoms with Gasteiger partial charge in [0.2, 0.25) is 0 Å². The van der Waals surface area contributed by atoms with Gasteiger partial charge in [0.15, 0.2) is 0 Å². The predicted octanol–water partition coefficient (Wildman–Crippen LogP) is 2.78. The summed E-state index contributed by atoms with van der Waals surface area (Å²) in [4.78, 5) is 4.43. The molecule has 24 heavy (non-hydrogen) atoms. The average Bonchev–Trinajstić information content (AvgIpc) is 2.95. The number of rotatable bonds is 4. The summed E-state index contributed by atoms with van der Waals surface area (Å²) in [5, 5.41) is 10.3. The van der Waals surface area contributed by atoms with Crippen molar-refractivity contribution in [1.82, 2.24) is 9.55 Å². The van der Waals surface area contributed by atoms with Crippen LogP contribution >= 0.6 is 0 Å². The Kier molecular flexibility index (Phi) is 3.55. The summed E-state index contributed by atoms with van der Waals surface area (Å²) in [6.45, 7) is 3.30. The fourth-order valence-electron chi connectivity index (χ4n) is 3.14. The van der Waals surface area contributed by atoms with Crippen molar-refractivity contribution in [3.05, 3.63) is 48.3 Å². The van der Waals surface area contributed by atoms with Crippen LogP contribution in [0.3, 0.4) is 0 Å². The van der Waals surface area contributed by atoms with Crippen LogP contribution in [0.4, 0.5) is 0 Å². The third-order valence-electron chi connectivity index (χ3n) is 4.45. The molecule has 1 fully saturated rings. The summed E-state index contributed by atoms with van der Waals surface area (Å²) in [7, 11) is 1.68. The highest BCUT2D eigenvalue weighted by atomic mass is 16.5. The largest absolute Gasteiger partial charge is 0.497 e. The van der Waals surface area contributed by atoms with Gasteiger partial charge in [0, 0.05) is 0 Å². The van der Waals surface area contributed by atoms with Crippen LogP contribution in [-0.4, -0.2) is 40.6 Å². The molecule has 5 nitrogen and oxygen atoms in total. The Morgan fingerprint density at radius 1 is 1.21 bits per heavy atom. The lowest BCUT2D eigenvalue weighted by Crippen LogP contribution is -2.52. The third kappa shape index (κ3) is 2.66. The number of fused-ring (bicyclic) bond motifs is 1. The number of imidazole rings is 1. The van der Waals surface area contributed by atoms with E-state index in [9.17, 15) is 5.11 Å². The first-order chi connectivity index (χ1) is 11.6. The lowest BCUT2D eigenvalue weighted by Gasteiger charge is -2.36. The summed E-state index contributed by atoms with van der Waals surface area (Å²) < 4.78 is 12.5. The van der Waals surface area contributed by atoms with E-state index in [0.717, 1.165) is 33.5 Å². The number of methoxy groups -OCH3 is 1. The molecule has 0 saturated carbocycles. The number of aliphatic hydroxyl groups is 1. The van der Waals surface area contributed by atoms with Crippen LogP contribution in [0.5, 0.6) is 5.75 Å². The highest BCUT2D eigenvalue weighted by Crippen LogP contribution is 2.29. The summed E-state index contributed by atoms with van der Waals surface area (Å²) in [6, 6.07) is 12.4. The number of aryl methyl sites for hydroxylation is 1. The normalized spacial score (nSPS) is 16.1. The Labute approximate surface area is 140 Å². The van der Waals surface area contributed by atoms with Gasteiger partial charge in [-0.3, -0.25) is 0 Å². The quantitative estimate of drug-likeness (QED) is 0.802. The maximum atomic E-state index is 10.3. The summed E-state index contributed by atoms with van der Waals surface area (Å²) in [5.74, 6) is 0.847. The minimum absolute atomic E-state index is 0.376. The number of hydrogen-bond donors (Lipinski definition) is 1. The first-order valence-electron chi connectivity index (χ1n) is 7.97. The second-order valence-electron chi connectivity index (χ2n) is 6.53. The molecule has 3 aromatic rings. The van der Waals surface area contributed by atoms with Crippen molar-refractivity contribution in [3.63, 3.8) is 0 Å². The zero-order chi connectivity index (χ0) is 16.7. The Morgan fingerprint density at radius 3 is 2.75 bits per heavy atom. The molecule has 1 aliphatic heterocycles. The molecule has 1 aliphatic rings. The van der Waals surface area contributed by atoms with Gasteiger partial charge in [0.1, 0.15) is 11.4 Å². The van der Waals surface area contributed by atoms with E-state index in [0.29, 0.717) is 19.8 Å². The van der Waals surface area contributed by atoms with Crippen molar-refractivity contribution in [3.8, 4) is 16.9 Å². The van der Waals surface area contributed by atoms with E-state index in [1.807, 2.05) is 22.8 Å². The fraction of sp³-hybridized carbons (Fsp3) is 0.316. The molecule has 0 aliphatic carbocycles. The van der Waals surface area contributed by atoms with E-state index in [4.69, 9.17) is 9.47 Å². The Hall–Kier alpha value is -2.37. The lowest BCUT2D eigenvalue weighted by atomic mass is 10.0. The van der Waals surface area contributed by atoms with E-state index in [2.05, 4.69) is 30.1 Å². The molecular weight excluding hydrogens is 304 g/mol. The number of nitrogens with zero attached hydrogens (tertiary/aromatic N) is 2. The lowest BCUT2D eigenvalue weighted by molar-refractivity contribution is -0.184. The molecule has 1 saturated heterocycles. The first kappa shape index (κ1) is 15.2. The van der Waals surface area contributed by atoms with Crippen molar-refractivity contribution in [2.24, 2.45) is 0 Å². The molecule has 5 heteroatoms. The number of ether oxygens (including phenoxy) is 2. The summed E-state index contributed by atoms with van der Waals surface area (Å²) in [6.07, 6.45) is 1.78. The van der Waals surface area contributed by atoms with Crippen LogP contribution in [0, 0.1) is 6.92 Å². The molecule has 0 atom stereocenters. The number of benzene rings is 2. The maximum absolute atomic E-state index is 10.3. The molecule has 1 aromatic heterocycles. The molecule has 0 amide bonds. The molecule has 0 spiro atoms. The van der Waals surface area contributed by atoms with E-state index in [-0.39, 0.29) is 0 Å². The topological polar surface area (TPSA) is 56.5 Å². The van der Waals surface area contributed by atoms with Crippen molar-refractivity contribution < 1.29 is 14.6 Å². The average molecular weight is 324 g/mol. The van der Waals surface area contributed by atoms with Gasteiger partial charge in [-0.1, -0.05) is 12.1 Å². The van der Waals surface area contributed by atoms with E-state index in [1.54, 1.807) is 13.4 Å². The second kappa shape index (κ2) is 5.61. The molecule has 1 N–H and O–H groups in total. The Morgan fingerprint density at radius 2 is 2.04 bits per heavy atom. The van der Waals surface area contributed by atoms with Crippen molar-refractivity contribution in [1.29, 1.82) is 0 Å². The van der Waals surface area contributed by atoms with Crippen molar-refractivity contribution >= 4 is 11.0 Å². The monoisotopic (exact) mass is 324 g/mol. The van der Waals surface area contributed by atoms with Gasteiger partial charge in [-0.2, -0.15) is 0 Å². The SMILES string of the molecule is COc1cc(C)cc(-c2ccc3ncn(CC4(O)COC4)c3c2)c1. The standard InChI is InChI=1S/C19H20N2O3/c1-13-5-15(7-16(6-13)23-2)14-3-4-17-18(8-14)21(12-20-17)9-19(22)10-24-11-19/h3-8,12,22H,9-11H2,1-2H3. The maximum Gasteiger partial charge on any atom is 0.129 e. The van der Waals surface area contributed by atoms with E-state index >= 15 is 0 Å². The molecular formula is C19H20N2O3. The third-order valence-corrected chi connectivity index (χ3v) is 4.45. The van der Waals surface area contributed by atoms with Gasteiger partial charge in [0.25, 0.3) is 0 Å². The minimum Gasteiger partial charge on any atom is -0.497 e. The van der Waals surface area contributed by atoms with Crippen molar-refractivity contribution in [2.75, 3.05) is 20.3 Å². The van der Waals surface area contributed by atoms with E-state index in [1.165, 1.54) is 0 Å². The van der Waals surface area contributed by atoms with Gasteiger partial charge in [-0.25, -0.2) is 4.98 Å². The van der Waals surface area contributed by atoms with Crippen LogP contribution in [0.2, 0.25) is 0 Å². The molecule has 0 bridgehead atoms. The van der Waals surface area contributed by atoms with Crippen LogP contribution in [0.1, 0.15) is 5.56 Å². The number of hydrogen-bond acceptors (Lipinski definition) is 4. The molecule has 124 valence electrons. The zero-order valence-electron chi connectivity index (χ0n) is 13.8. The molecule has 4 rings (SSSR count). The fourth-order valence-corrected chi connectivity index (χ4v) is 3.14. The van der Waals surface area contributed by atoms with Crippen LogP contribution in [-0.2, 0) is 11.3 Å². The van der Waals surface area contributed by atoms with Crippen LogP contribution in [0.15, 0.2) is 42.7 Å². The van der Waals surface area contributed by atoms with Gasteiger partial charge in [0.05, 0.1) is 44.2 Å². The molecule has 0 unspecified atom stereocenters. The molecule has 2 aromatic carbocycles. The predicted molar refractivity (Wildman–Crippen MR) is 92.2 cm³/mol. The first-order valence-corrected chi connectivity index (χ1v) is 7.97. The van der Waals surface area contributed by atoms with Gasteiger partial charge >= 0.3 is 0 Å². The Bertz CT molecular complexity index is 897. The van der Waals surface area contributed by atoms with Crippen LogP contribution in [0.25, 0.3) is 22.2 Å². The Balaban J connectivity index is 1.76. The van der Waals surface area contributed by atoms with Crippen LogP contribution < -0.4 is 4.74 Å². The smallest absolute Gasteiger partial charge is 0.129 e. The number of aromatic nitrogens is 2. The summed E-state index contributed by atoms with van der Waals surface area (Å²) >= 11 is 0. The minimum atomic E-state index is -0.782. The van der Waals surface area contributed by atoms with Crippen molar-refractivity contribution in [2.45, 2.75) is 19.1 Å². The second-order valence-corrected chi connectivity index (χ2v) is 6.53. The highest BCUT2D eigenvalue weighted by molar-refractivity contribution is 5.82. The van der Waals surface area contributed by atoms with E-state index < -0.39 is 5.60 Å². The van der Waals surface area contributed by atoms with Gasteiger partial charge in [-0.05, 0) is 47.9 Å². The summed E-state index contributed by atoms with van der Waals surface area (Å²) in [5.41, 5.74) is 4.50. The molecule has 0 radical (unpaired) electrons. The van der Waals surface area contributed by atoms with Gasteiger partial charge in [-0.15, -0.1) is 0 Å². The van der Waals surface area contributed by atoms with Gasteiger partial charge < -0.3 is 19.1 Å². The zero-order valence-corrected chi connectivity index (χ0v) is 13.8. The molecule has 2 heterocycles.